The summed E-state index contributed by atoms with van der Waals surface area (Å²) in [6.07, 6.45) is 11.7. The highest BCUT2D eigenvalue weighted by molar-refractivity contribution is 7.09. The summed E-state index contributed by atoms with van der Waals surface area (Å²) in [5, 5.41) is 3.63. The van der Waals surface area contributed by atoms with Crippen molar-refractivity contribution in [3.63, 3.8) is 0 Å². The van der Waals surface area contributed by atoms with Crippen molar-refractivity contribution >= 4 is 11.3 Å². The van der Waals surface area contributed by atoms with Crippen molar-refractivity contribution in [1.29, 1.82) is 0 Å². The van der Waals surface area contributed by atoms with Crippen LogP contribution in [0.4, 0.5) is 0 Å². The fourth-order valence-corrected chi connectivity index (χ4v) is 3.75. The fraction of sp³-hybridized carbons (Fsp3) is 0.800. The molecule has 2 rings (SSSR count). The lowest BCUT2D eigenvalue weighted by molar-refractivity contribution is 0.299. The van der Waals surface area contributed by atoms with Gasteiger partial charge in [0.25, 0.3) is 0 Å². The van der Waals surface area contributed by atoms with Crippen LogP contribution in [-0.2, 0) is 6.42 Å². The summed E-state index contributed by atoms with van der Waals surface area (Å²) in [5.74, 6) is 1.75. The van der Waals surface area contributed by atoms with Crippen molar-refractivity contribution < 1.29 is 0 Å². The van der Waals surface area contributed by atoms with Crippen LogP contribution in [0.5, 0.6) is 0 Å². The maximum Gasteiger partial charge on any atom is 0.0794 e. The van der Waals surface area contributed by atoms with E-state index >= 15 is 0 Å². The molecule has 1 heterocycles. The molecule has 0 aromatic carbocycles. The summed E-state index contributed by atoms with van der Waals surface area (Å²) in [5.41, 5.74) is 1.97. The Morgan fingerprint density at radius 3 is 2.83 bits per heavy atom. The van der Waals surface area contributed by atoms with Crippen molar-refractivity contribution in [2.75, 3.05) is 13.1 Å². The quantitative estimate of drug-likeness (QED) is 0.624. The van der Waals surface area contributed by atoms with Gasteiger partial charge in [-0.2, -0.15) is 0 Å². The normalized spacial score (nSPS) is 24.9. The molecule has 2 atom stereocenters. The van der Waals surface area contributed by atoms with Crippen LogP contribution >= 0.6 is 11.3 Å². The average Bonchev–Trinajstić information content (AvgIpc) is 2.78. The van der Waals surface area contributed by atoms with Crippen molar-refractivity contribution in [3.8, 4) is 0 Å². The van der Waals surface area contributed by atoms with E-state index in [0.29, 0.717) is 0 Å². The Hall–Kier alpha value is -0.410. The maximum atomic E-state index is 4.21. The van der Waals surface area contributed by atoms with E-state index in [9.17, 15) is 0 Å². The predicted octanol–water partition coefficient (Wildman–Crippen LogP) is 3.88. The molecule has 1 fully saturated rings. The molecular weight excluding hydrogens is 240 g/mol. The van der Waals surface area contributed by atoms with Gasteiger partial charge in [-0.25, -0.2) is 0 Å². The highest BCUT2D eigenvalue weighted by Gasteiger charge is 2.23. The van der Waals surface area contributed by atoms with Gasteiger partial charge >= 0.3 is 0 Å². The summed E-state index contributed by atoms with van der Waals surface area (Å²) in [6.45, 7) is 4.63. The van der Waals surface area contributed by atoms with Crippen molar-refractivity contribution in [2.24, 2.45) is 11.8 Å². The lowest BCUT2D eigenvalue weighted by Crippen LogP contribution is -2.29. The van der Waals surface area contributed by atoms with Gasteiger partial charge in [-0.3, -0.25) is 4.98 Å². The number of hydrogen-bond donors (Lipinski definition) is 1. The molecule has 2 unspecified atom stereocenters. The minimum Gasteiger partial charge on any atom is -0.316 e. The Morgan fingerprint density at radius 2 is 2.11 bits per heavy atom. The first-order valence-electron chi connectivity index (χ1n) is 7.48. The second-order valence-electron chi connectivity index (χ2n) is 5.53. The van der Waals surface area contributed by atoms with E-state index in [2.05, 4.69) is 23.4 Å². The molecule has 0 saturated heterocycles. The minimum atomic E-state index is 0.873. The SMILES string of the molecule is CCCNCC1CCCCCC1Cc1cncs1. The monoisotopic (exact) mass is 266 g/mol. The van der Waals surface area contributed by atoms with Crippen LogP contribution in [0.2, 0.25) is 0 Å². The molecule has 2 nitrogen and oxygen atoms in total. The highest BCUT2D eigenvalue weighted by Crippen LogP contribution is 2.31. The Balaban J connectivity index is 1.89. The summed E-state index contributed by atoms with van der Waals surface area (Å²) in [7, 11) is 0. The molecule has 1 aliphatic carbocycles. The standard InChI is InChI=1S/C15H26N2S/c1-2-8-16-10-14-7-5-3-4-6-13(14)9-15-11-17-12-18-15/h11-14,16H,2-10H2,1H3. The Bertz CT molecular complexity index is 310. The summed E-state index contributed by atoms with van der Waals surface area (Å²) in [4.78, 5) is 5.69. The van der Waals surface area contributed by atoms with E-state index in [1.54, 1.807) is 0 Å². The van der Waals surface area contributed by atoms with Crippen molar-refractivity contribution in [3.05, 3.63) is 16.6 Å². The number of nitrogens with one attached hydrogen (secondary N) is 1. The van der Waals surface area contributed by atoms with Crippen molar-refractivity contribution in [1.82, 2.24) is 10.3 Å². The molecule has 0 bridgehead atoms. The molecule has 0 radical (unpaired) electrons. The molecule has 1 aliphatic rings. The van der Waals surface area contributed by atoms with E-state index in [4.69, 9.17) is 0 Å². The second kappa shape index (κ2) is 7.90. The predicted molar refractivity (Wildman–Crippen MR) is 79.0 cm³/mol. The average molecular weight is 266 g/mol. The van der Waals surface area contributed by atoms with Crippen molar-refractivity contribution in [2.45, 2.75) is 51.9 Å². The number of rotatable bonds is 6. The molecule has 0 aliphatic heterocycles. The molecule has 3 heteroatoms. The van der Waals surface area contributed by atoms with E-state index in [1.165, 1.54) is 62.9 Å². The fourth-order valence-electron chi connectivity index (χ4n) is 3.06. The van der Waals surface area contributed by atoms with Gasteiger partial charge in [0.05, 0.1) is 5.51 Å². The molecule has 1 aromatic heterocycles. The topological polar surface area (TPSA) is 24.9 Å². The Labute approximate surface area is 115 Å². The molecule has 0 amide bonds. The van der Waals surface area contributed by atoms with Gasteiger partial charge in [0.1, 0.15) is 0 Å². The molecule has 18 heavy (non-hydrogen) atoms. The molecular formula is C15H26N2S. The third-order valence-electron chi connectivity index (χ3n) is 4.10. The van der Waals surface area contributed by atoms with Crippen LogP contribution in [0.1, 0.15) is 50.3 Å². The lowest BCUT2D eigenvalue weighted by atomic mass is 9.85. The first kappa shape index (κ1) is 14.0. The van der Waals surface area contributed by atoms with Gasteiger partial charge in [-0.1, -0.05) is 26.2 Å². The maximum absolute atomic E-state index is 4.21. The third-order valence-corrected chi connectivity index (χ3v) is 4.90. The van der Waals surface area contributed by atoms with E-state index in [-0.39, 0.29) is 0 Å². The van der Waals surface area contributed by atoms with E-state index in [1.807, 2.05) is 16.8 Å². The molecule has 1 N–H and O–H groups in total. The van der Waals surface area contributed by atoms with Crippen LogP contribution in [0.3, 0.4) is 0 Å². The largest absolute Gasteiger partial charge is 0.316 e. The first-order valence-corrected chi connectivity index (χ1v) is 8.36. The number of thiazole rings is 1. The first-order chi connectivity index (χ1) is 8.90. The van der Waals surface area contributed by atoms with Crippen LogP contribution in [-0.4, -0.2) is 18.1 Å². The molecule has 102 valence electrons. The van der Waals surface area contributed by atoms with Crippen LogP contribution in [0.25, 0.3) is 0 Å². The summed E-state index contributed by atoms with van der Waals surface area (Å²) >= 11 is 1.82. The number of hydrogen-bond acceptors (Lipinski definition) is 3. The molecule has 1 aromatic rings. The van der Waals surface area contributed by atoms with Gasteiger partial charge < -0.3 is 5.32 Å². The van der Waals surface area contributed by atoms with E-state index in [0.717, 1.165) is 11.8 Å². The van der Waals surface area contributed by atoms with Crippen LogP contribution < -0.4 is 5.32 Å². The van der Waals surface area contributed by atoms with E-state index < -0.39 is 0 Å². The summed E-state index contributed by atoms with van der Waals surface area (Å²) < 4.78 is 0. The Kier molecular flexibility index (Phi) is 6.15. The van der Waals surface area contributed by atoms with Gasteiger partial charge in [0, 0.05) is 11.1 Å². The Morgan fingerprint density at radius 1 is 1.28 bits per heavy atom. The number of nitrogens with zero attached hydrogens (tertiary/aromatic N) is 1. The third kappa shape index (κ3) is 4.36. The molecule has 0 spiro atoms. The van der Waals surface area contributed by atoms with Gasteiger partial charge in [-0.05, 0) is 50.6 Å². The summed E-state index contributed by atoms with van der Waals surface area (Å²) in [6, 6.07) is 0. The minimum absolute atomic E-state index is 0.873. The zero-order valence-corrected chi connectivity index (χ0v) is 12.3. The van der Waals surface area contributed by atoms with Gasteiger partial charge in [-0.15, -0.1) is 11.3 Å². The zero-order chi connectivity index (χ0) is 12.6. The van der Waals surface area contributed by atoms with Crippen LogP contribution in [0.15, 0.2) is 11.7 Å². The second-order valence-corrected chi connectivity index (χ2v) is 6.51. The van der Waals surface area contributed by atoms with Crippen LogP contribution in [0, 0.1) is 11.8 Å². The lowest BCUT2D eigenvalue weighted by Gasteiger charge is -2.25. The molecule has 1 saturated carbocycles. The highest BCUT2D eigenvalue weighted by atomic mass is 32.1. The smallest absolute Gasteiger partial charge is 0.0794 e. The number of aromatic nitrogens is 1. The van der Waals surface area contributed by atoms with Gasteiger partial charge in [0.15, 0.2) is 0 Å². The zero-order valence-electron chi connectivity index (χ0n) is 11.5. The van der Waals surface area contributed by atoms with Gasteiger partial charge in [0.2, 0.25) is 0 Å².